The van der Waals surface area contributed by atoms with Gasteiger partial charge in [-0.2, -0.15) is 5.10 Å². The second kappa shape index (κ2) is 7.28. The number of nitrogens with one attached hydrogen (secondary N) is 1. The van der Waals surface area contributed by atoms with Crippen LogP contribution in [0.1, 0.15) is 38.1 Å². The zero-order chi connectivity index (χ0) is 14.4. The molecule has 1 atom stereocenters. The first-order chi connectivity index (χ1) is 8.90. The molecule has 0 radical (unpaired) electrons. The number of rotatable bonds is 7. The number of aliphatic hydroxyl groups is 1. The lowest BCUT2D eigenvalue weighted by Gasteiger charge is -2.14. The molecule has 0 aliphatic heterocycles. The maximum Gasteiger partial charge on any atom is 0.222 e. The molecule has 1 heterocycles. The summed E-state index contributed by atoms with van der Waals surface area (Å²) >= 11 is 0. The van der Waals surface area contributed by atoms with E-state index in [0.29, 0.717) is 6.54 Å². The number of aliphatic hydroxyl groups excluding tert-OH is 1. The summed E-state index contributed by atoms with van der Waals surface area (Å²) in [6.45, 7) is 9.21. The third-order valence-electron chi connectivity index (χ3n) is 3.14. The van der Waals surface area contributed by atoms with Crippen LogP contribution in [-0.2, 0) is 11.3 Å². The maximum atomic E-state index is 11.5. The van der Waals surface area contributed by atoms with E-state index in [2.05, 4.69) is 10.4 Å². The van der Waals surface area contributed by atoms with Gasteiger partial charge in [0.1, 0.15) is 0 Å². The lowest BCUT2D eigenvalue weighted by atomic mass is 10.0. The van der Waals surface area contributed by atoms with Crippen molar-refractivity contribution < 1.29 is 9.90 Å². The number of carbonyl (C=O) groups excluding carboxylic acids is 1. The maximum absolute atomic E-state index is 11.5. The van der Waals surface area contributed by atoms with Crippen molar-refractivity contribution in [3.63, 3.8) is 0 Å². The summed E-state index contributed by atoms with van der Waals surface area (Å²) in [7, 11) is 0. The molecule has 1 rings (SSSR count). The highest BCUT2D eigenvalue weighted by molar-refractivity contribution is 5.76. The minimum atomic E-state index is -0.559. The van der Waals surface area contributed by atoms with Crippen molar-refractivity contribution in [2.24, 2.45) is 5.92 Å². The van der Waals surface area contributed by atoms with E-state index in [1.807, 2.05) is 38.4 Å². The molecule has 108 valence electrons. The summed E-state index contributed by atoms with van der Waals surface area (Å²) in [5.41, 5.74) is 2.15. The number of nitrogens with zero attached hydrogens (tertiary/aromatic N) is 2. The van der Waals surface area contributed by atoms with Gasteiger partial charge in [-0.05, 0) is 32.3 Å². The Kier molecular flexibility index (Phi) is 6.02. The van der Waals surface area contributed by atoms with E-state index >= 15 is 0 Å². The van der Waals surface area contributed by atoms with Crippen LogP contribution in [0.15, 0.2) is 6.07 Å². The second-order valence-corrected chi connectivity index (χ2v) is 5.37. The van der Waals surface area contributed by atoms with Crippen molar-refractivity contribution >= 4 is 5.91 Å². The van der Waals surface area contributed by atoms with Crippen molar-refractivity contribution in [3.8, 4) is 0 Å². The molecule has 2 N–H and O–H groups in total. The first kappa shape index (κ1) is 15.7. The number of hydrogen-bond donors (Lipinski definition) is 2. The number of aromatic nitrogens is 2. The fourth-order valence-electron chi connectivity index (χ4n) is 1.86. The molecule has 0 aliphatic carbocycles. The molecule has 5 nitrogen and oxygen atoms in total. The first-order valence-electron chi connectivity index (χ1n) is 6.86. The van der Waals surface area contributed by atoms with Crippen LogP contribution in [0.3, 0.4) is 0 Å². The molecule has 0 aromatic carbocycles. The highest BCUT2D eigenvalue weighted by Gasteiger charge is 2.13. The van der Waals surface area contributed by atoms with Gasteiger partial charge in [-0.3, -0.25) is 9.48 Å². The molecule has 1 amide bonds. The van der Waals surface area contributed by atoms with Gasteiger partial charge in [0.2, 0.25) is 5.91 Å². The predicted octanol–water partition coefficient (Wildman–Crippen LogP) is 1.41. The molecule has 0 fully saturated rings. The molecule has 19 heavy (non-hydrogen) atoms. The highest BCUT2D eigenvalue weighted by atomic mass is 16.3. The van der Waals surface area contributed by atoms with Crippen molar-refractivity contribution in [2.75, 3.05) is 6.54 Å². The quantitative estimate of drug-likeness (QED) is 0.734. The minimum absolute atomic E-state index is 0.0884. The number of aryl methyl sites for hydroxylation is 3. The molecule has 1 unspecified atom stereocenters. The van der Waals surface area contributed by atoms with Gasteiger partial charge in [0, 0.05) is 18.8 Å². The lowest BCUT2D eigenvalue weighted by Crippen LogP contribution is -2.30. The van der Waals surface area contributed by atoms with Gasteiger partial charge in [0.05, 0.1) is 18.2 Å². The van der Waals surface area contributed by atoms with E-state index in [4.69, 9.17) is 0 Å². The molecular weight excluding hydrogens is 242 g/mol. The van der Waals surface area contributed by atoms with Crippen molar-refractivity contribution in [1.82, 2.24) is 15.1 Å². The molecule has 0 saturated heterocycles. The van der Waals surface area contributed by atoms with E-state index in [0.717, 1.165) is 24.4 Å². The number of amides is 1. The summed E-state index contributed by atoms with van der Waals surface area (Å²) in [6, 6.07) is 2.04. The van der Waals surface area contributed by atoms with Gasteiger partial charge in [-0.15, -0.1) is 0 Å². The average molecular weight is 267 g/mol. The van der Waals surface area contributed by atoms with Crippen LogP contribution in [0.4, 0.5) is 0 Å². The van der Waals surface area contributed by atoms with E-state index in [1.165, 1.54) is 0 Å². The van der Waals surface area contributed by atoms with E-state index < -0.39 is 6.10 Å². The van der Waals surface area contributed by atoms with Crippen LogP contribution in [0.25, 0.3) is 0 Å². The van der Waals surface area contributed by atoms with Gasteiger partial charge in [0.15, 0.2) is 0 Å². The number of hydrogen-bond acceptors (Lipinski definition) is 3. The smallest absolute Gasteiger partial charge is 0.222 e. The predicted molar refractivity (Wildman–Crippen MR) is 74.8 cm³/mol. The normalized spacial score (nSPS) is 12.7. The summed E-state index contributed by atoms with van der Waals surface area (Å²) in [4.78, 5) is 11.5. The van der Waals surface area contributed by atoms with Gasteiger partial charge in [-0.25, -0.2) is 0 Å². The Balaban J connectivity index is 2.20. The van der Waals surface area contributed by atoms with E-state index in [1.54, 1.807) is 0 Å². The fourth-order valence-corrected chi connectivity index (χ4v) is 1.86. The average Bonchev–Trinajstić information content (AvgIpc) is 2.63. The van der Waals surface area contributed by atoms with Gasteiger partial charge in [-0.1, -0.05) is 13.8 Å². The Hall–Kier alpha value is -1.36. The fraction of sp³-hybridized carbons (Fsp3) is 0.714. The van der Waals surface area contributed by atoms with Crippen molar-refractivity contribution in [2.45, 2.75) is 53.2 Å². The SMILES string of the molecule is Cc1cc(C)n(CCCNC(=O)CC(O)C(C)C)n1. The van der Waals surface area contributed by atoms with Gasteiger partial charge >= 0.3 is 0 Å². The molecule has 1 aromatic heterocycles. The summed E-state index contributed by atoms with van der Waals surface area (Å²) in [5, 5.41) is 16.8. The second-order valence-electron chi connectivity index (χ2n) is 5.37. The molecule has 0 bridgehead atoms. The third-order valence-corrected chi connectivity index (χ3v) is 3.14. The first-order valence-corrected chi connectivity index (χ1v) is 6.86. The monoisotopic (exact) mass is 267 g/mol. The van der Waals surface area contributed by atoms with Gasteiger partial charge in [0.25, 0.3) is 0 Å². The number of carbonyl (C=O) groups is 1. The Morgan fingerprint density at radius 3 is 2.68 bits per heavy atom. The van der Waals surface area contributed by atoms with E-state index in [9.17, 15) is 9.90 Å². The van der Waals surface area contributed by atoms with Crippen LogP contribution >= 0.6 is 0 Å². The Morgan fingerprint density at radius 2 is 2.16 bits per heavy atom. The van der Waals surface area contributed by atoms with Crippen LogP contribution in [0.2, 0.25) is 0 Å². The zero-order valence-corrected chi connectivity index (χ0v) is 12.3. The summed E-state index contributed by atoms with van der Waals surface area (Å²) < 4.78 is 1.95. The molecule has 5 heteroatoms. The van der Waals surface area contributed by atoms with Crippen LogP contribution < -0.4 is 5.32 Å². The molecule has 0 saturated carbocycles. The topological polar surface area (TPSA) is 67.2 Å². The van der Waals surface area contributed by atoms with Crippen molar-refractivity contribution in [3.05, 3.63) is 17.5 Å². The Labute approximate surface area is 115 Å². The standard InChI is InChI=1S/C14H25N3O2/c1-10(2)13(18)9-14(19)15-6-5-7-17-12(4)8-11(3)16-17/h8,10,13,18H,5-7,9H2,1-4H3,(H,15,19). The Morgan fingerprint density at radius 1 is 1.47 bits per heavy atom. The Bertz CT molecular complexity index is 413. The van der Waals surface area contributed by atoms with Crippen molar-refractivity contribution in [1.29, 1.82) is 0 Å². The minimum Gasteiger partial charge on any atom is -0.392 e. The largest absolute Gasteiger partial charge is 0.392 e. The van der Waals surface area contributed by atoms with Crippen LogP contribution in [0, 0.1) is 19.8 Å². The molecular formula is C14H25N3O2. The summed E-state index contributed by atoms with van der Waals surface area (Å²) in [6.07, 6.45) is 0.458. The third kappa shape index (κ3) is 5.42. The summed E-state index contributed by atoms with van der Waals surface area (Å²) in [5.74, 6) is 0.0232. The van der Waals surface area contributed by atoms with Crippen LogP contribution in [-0.4, -0.2) is 33.4 Å². The zero-order valence-electron chi connectivity index (χ0n) is 12.3. The van der Waals surface area contributed by atoms with E-state index in [-0.39, 0.29) is 18.2 Å². The van der Waals surface area contributed by atoms with Gasteiger partial charge < -0.3 is 10.4 Å². The molecule has 0 aliphatic rings. The molecule has 1 aromatic rings. The van der Waals surface area contributed by atoms with Crippen LogP contribution in [0.5, 0.6) is 0 Å². The lowest BCUT2D eigenvalue weighted by molar-refractivity contribution is -0.123. The molecule has 0 spiro atoms. The highest BCUT2D eigenvalue weighted by Crippen LogP contribution is 2.05.